The third kappa shape index (κ3) is 4.45. The second-order valence-corrected chi connectivity index (χ2v) is 10.1. The molecule has 12 heteroatoms. The van der Waals surface area contributed by atoms with Gasteiger partial charge in [0.05, 0.1) is 10.9 Å². The third-order valence-corrected chi connectivity index (χ3v) is 7.92. The quantitative estimate of drug-likeness (QED) is 0.584. The lowest BCUT2D eigenvalue weighted by molar-refractivity contribution is 0.102. The van der Waals surface area contributed by atoms with Crippen molar-refractivity contribution in [2.45, 2.75) is 23.8 Å². The van der Waals surface area contributed by atoms with Gasteiger partial charge in [-0.15, -0.1) is 10.2 Å². The van der Waals surface area contributed by atoms with Gasteiger partial charge in [-0.1, -0.05) is 22.9 Å². The minimum Gasteiger partial charge on any atom is -0.320 e. The van der Waals surface area contributed by atoms with Crippen molar-refractivity contribution in [1.82, 2.24) is 14.5 Å². The number of amides is 1. The first-order valence-corrected chi connectivity index (χ1v) is 11.8. The molecule has 3 aromatic rings. The summed E-state index contributed by atoms with van der Waals surface area (Å²) >= 11 is 6.80. The number of hydrogen-bond donors (Lipinski definition) is 1. The van der Waals surface area contributed by atoms with E-state index >= 15 is 0 Å². The zero-order chi connectivity index (χ0) is 22.2. The zero-order valence-corrected chi connectivity index (χ0v) is 18.1. The molecule has 0 aliphatic carbocycles. The van der Waals surface area contributed by atoms with Gasteiger partial charge >= 0.3 is 0 Å². The Morgan fingerprint density at radius 2 is 1.87 bits per heavy atom. The first kappa shape index (κ1) is 21.8. The number of rotatable bonds is 5. The number of sulfonamides is 1. The Labute approximate surface area is 185 Å². The number of benzene rings is 2. The van der Waals surface area contributed by atoms with Crippen LogP contribution in [0.3, 0.4) is 0 Å². The average molecular weight is 485 g/mol. The van der Waals surface area contributed by atoms with Gasteiger partial charge in [-0.3, -0.25) is 4.79 Å². The van der Waals surface area contributed by atoms with Crippen LogP contribution in [-0.4, -0.2) is 35.4 Å². The van der Waals surface area contributed by atoms with Gasteiger partial charge in [-0.25, -0.2) is 17.2 Å². The van der Waals surface area contributed by atoms with Crippen molar-refractivity contribution in [3.63, 3.8) is 0 Å². The largest absolute Gasteiger partial charge is 0.320 e. The summed E-state index contributed by atoms with van der Waals surface area (Å²) < 4.78 is 53.8. The molecule has 1 amide bonds. The van der Waals surface area contributed by atoms with Crippen molar-refractivity contribution < 1.29 is 22.0 Å². The van der Waals surface area contributed by atoms with E-state index in [-0.39, 0.29) is 15.6 Å². The van der Waals surface area contributed by atoms with E-state index in [2.05, 4.69) is 15.5 Å². The van der Waals surface area contributed by atoms with Crippen LogP contribution >= 0.6 is 22.9 Å². The van der Waals surface area contributed by atoms with Crippen LogP contribution in [0.15, 0.2) is 47.4 Å². The van der Waals surface area contributed by atoms with Gasteiger partial charge in [-0.05, 0) is 49.2 Å². The predicted molar refractivity (Wildman–Crippen MR) is 112 cm³/mol. The van der Waals surface area contributed by atoms with E-state index < -0.39 is 33.6 Å². The molecule has 2 aromatic carbocycles. The summed E-state index contributed by atoms with van der Waals surface area (Å²) in [5.74, 6) is -2.77. The van der Waals surface area contributed by atoms with Crippen LogP contribution in [0.25, 0.3) is 0 Å². The molecule has 31 heavy (non-hydrogen) atoms. The molecule has 1 aliphatic heterocycles. The van der Waals surface area contributed by atoms with Gasteiger partial charge < -0.3 is 5.32 Å². The minimum atomic E-state index is -3.79. The molecule has 0 radical (unpaired) electrons. The molecule has 1 aromatic heterocycles. The Morgan fingerprint density at radius 1 is 1.13 bits per heavy atom. The van der Waals surface area contributed by atoms with E-state index in [9.17, 15) is 22.0 Å². The standard InChI is InChI=1S/C19H15ClF2N4O3S2/c20-11-3-6-13(7-4-11)31(28,29)26-9-1-2-16(26)18-24-25-19(30-18)17(27)23-12-5-8-14(21)15(22)10-12/h3-8,10,16H,1-2,9H2,(H,23,27)/t16-/m1/s1. The highest BCUT2D eigenvalue weighted by atomic mass is 35.5. The number of nitrogens with zero attached hydrogens (tertiary/aromatic N) is 3. The second kappa shape index (κ2) is 8.58. The van der Waals surface area contributed by atoms with E-state index in [1.807, 2.05) is 0 Å². The third-order valence-electron chi connectivity index (χ3n) is 4.72. The summed E-state index contributed by atoms with van der Waals surface area (Å²) in [6, 6.07) is 8.30. The molecule has 0 bridgehead atoms. The highest BCUT2D eigenvalue weighted by molar-refractivity contribution is 7.89. The van der Waals surface area contributed by atoms with E-state index in [1.54, 1.807) is 0 Å². The normalized spacial score (nSPS) is 17.1. The average Bonchev–Trinajstić information content (AvgIpc) is 3.40. The number of aromatic nitrogens is 2. The minimum absolute atomic E-state index is 0.0181. The molecule has 1 atom stereocenters. The van der Waals surface area contributed by atoms with Gasteiger partial charge in [-0.2, -0.15) is 4.31 Å². The summed E-state index contributed by atoms with van der Waals surface area (Å²) in [6.07, 6.45) is 1.17. The maximum atomic E-state index is 13.3. The van der Waals surface area contributed by atoms with E-state index in [4.69, 9.17) is 11.6 Å². The summed E-state index contributed by atoms with van der Waals surface area (Å²) in [6.45, 7) is 0.311. The highest BCUT2D eigenvalue weighted by Crippen LogP contribution is 2.38. The van der Waals surface area contributed by atoms with Crippen LogP contribution in [0.4, 0.5) is 14.5 Å². The molecule has 1 N–H and O–H groups in total. The van der Waals surface area contributed by atoms with Crippen molar-refractivity contribution in [1.29, 1.82) is 0 Å². The Morgan fingerprint density at radius 3 is 2.58 bits per heavy atom. The van der Waals surface area contributed by atoms with E-state index in [0.29, 0.717) is 29.4 Å². The fourth-order valence-corrected chi connectivity index (χ4v) is 5.98. The number of carbonyl (C=O) groups excluding carboxylic acids is 1. The van der Waals surface area contributed by atoms with Crippen LogP contribution in [0.5, 0.6) is 0 Å². The molecule has 2 heterocycles. The molecular formula is C19H15ClF2N4O3S2. The van der Waals surface area contributed by atoms with Gasteiger partial charge in [0.25, 0.3) is 5.91 Å². The second-order valence-electron chi connectivity index (χ2n) is 6.76. The van der Waals surface area contributed by atoms with Crippen LogP contribution in [0.1, 0.15) is 33.7 Å². The lowest BCUT2D eigenvalue weighted by atomic mass is 10.2. The molecule has 0 unspecified atom stereocenters. The number of halogens is 3. The molecule has 1 fully saturated rings. The Balaban J connectivity index is 1.54. The first-order valence-electron chi connectivity index (χ1n) is 9.13. The highest BCUT2D eigenvalue weighted by Gasteiger charge is 2.38. The molecule has 162 valence electrons. The van der Waals surface area contributed by atoms with Crippen molar-refractivity contribution >= 4 is 44.6 Å². The van der Waals surface area contributed by atoms with Gasteiger partial charge in [0, 0.05) is 23.3 Å². The fraction of sp³-hybridized carbons (Fsp3) is 0.211. The fourth-order valence-electron chi connectivity index (χ4n) is 3.24. The molecule has 0 saturated carbocycles. The van der Waals surface area contributed by atoms with Gasteiger partial charge in [0.2, 0.25) is 15.0 Å². The Hall–Kier alpha value is -2.47. The van der Waals surface area contributed by atoms with Crippen molar-refractivity contribution in [2.75, 3.05) is 11.9 Å². The number of anilines is 1. The van der Waals surface area contributed by atoms with Gasteiger partial charge in [0.15, 0.2) is 11.6 Å². The summed E-state index contributed by atoms with van der Waals surface area (Å²) in [5.41, 5.74) is 0.0634. The van der Waals surface area contributed by atoms with Crippen molar-refractivity contribution in [2.24, 2.45) is 0 Å². The Bertz CT molecular complexity index is 1240. The summed E-state index contributed by atoms with van der Waals surface area (Å²) in [4.78, 5) is 12.5. The number of nitrogens with one attached hydrogen (secondary N) is 1. The van der Waals surface area contributed by atoms with Crippen LogP contribution < -0.4 is 5.32 Å². The van der Waals surface area contributed by atoms with E-state index in [0.717, 1.165) is 23.5 Å². The molecule has 0 spiro atoms. The monoisotopic (exact) mass is 484 g/mol. The van der Waals surface area contributed by atoms with Crippen molar-refractivity contribution in [3.8, 4) is 0 Å². The van der Waals surface area contributed by atoms with Crippen LogP contribution in [0, 0.1) is 11.6 Å². The number of carbonyl (C=O) groups is 1. The molecule has 1 saturated heterocycles. The molecule has 4 rings (SSSR count). The topological polar surface area (TPSA) is 92.3 Å². The van der Waals surface area contributed by atoms with Gasteiger partial charge in [0.1, 0.15) is 5.01 Å². The maximum absolute atomic E-state index is 13.3. The predicted octanol–water partition coefficient (Wildman–Crippen LogP) is 4.25. The number of hydrogen-bond acceptors (Lipinski definition) is 6. The summed E-state index contributed by atoms with van der Waals surface area (Å²) in [7, 11) is -3.79. The molecule has 1 aliphatic rings. The van der Waals surface area contributed by atoms with Crippen LogP contribution in [-0.2, 0) is 10.0 Å². The SMILES string of the molecule is O=C(Nc1ccc(F)c(F)c1)c1nnc([C@H]2CCCN2S(=O)(=O)c2ccc(Cl)cc2)s1. The maximum Gasteiger partial charge on any atom is 0.286 e. The molecule has 7 nitrogen and oxygen atoms in total. The smallest absolute Gasteiger partial charge is 0.286 e. The molecular weight excluding hydrogens is 470 g/mol. The van der Waals surface area contributed by atoms with Crippen LogP contribution in [0.2, 0.25) is 5.02 Å². The zero-order valence-electron chi connectivity index (χ0n) is 15.8. The van der Waals surface area contributed by atoms with Crippen molar-refractivity contribution in [3.05, 3.63) is 69.1 Å². The lowest BCUT2D eigenvalue weighted by Crippen LogP contribution is -2.30. The lowest BCUT2D eigenvalue weighted by Gasteiger charge is -2.22. The summed E-state index contributed by atoms with van der Waals surface area (Å²) in [5, 5.41) is 11.1. The Kier molecular flexibility index (Phi) is 6.02. The van der Waals surface area contributed by atoms with E-state index in [1.165, 1.54) is 34.6 Å². The first-order chi connectivity index (χ1) is 14.8.